The Labute approximate surface area is 148 Å². The molecule has 2 N–H and O–H groups in total. The molecule has 1 aliphatic heterocycles. The second kappa shape index (κ2) is 10.5. The van der Waals surface area contributed by atoms with E-state index in [1.54, 1.807) is 7.05 Å². The first-order chi connectivity index (χ1) is 12.2. The van der Waals surface area contributed by atoms with E-state index in [0.29, 0.717) is 19.0 Å². The Morgan fingerprint density at radius 3 is 2.92 bits per heavy atom. The Morgan fingerprint density at radius 2 is 2.20 bits per heavy atom. The van der Waals surface area contributed by atoms with Gasteiger partial charge in [0.05, 0.1) is 17.3 Å². The fourth-order valence-electron chi connectivity index (χ4n) is 2.78. The molecule has 0 amide bonds. The van der Waals surface area contributed by atoms with Crippen LogP contribution in [0.15, 0.2) is 24.4 Å². The molecule has 2 rings (SSSR count). The highest BCUT2D eigenvalue weighted by Gasteiger charge is 2.11. The Balaban J connectivity index is 1.58. The first-order valence-corrected chi connectivity index (χ1v) is 8.83. The van der Waals surface area contributed by atoms with E-state index in [-0.39, 0.29) is 0 Å². The largest absolute Gasteiger partial charge is 0.397 e. The predicted octanol–water partition coefficient (Wildman–Crippen LogP) is 0.962. The first kappa shape index (κ1) is 19.0. The van der Waals surface area contributed by atoms with Gasteiger partial charge in [-0.05, 0) is 38.8 Å². The molecule has 9 heteroatoms. The molecule has 25 heavy (non-hydrogen) atoms. The van der Waals surface area contributed by atoms with Gasteiger partial charge in [0.1, 0.15) is 6.61 Å². The number of nitro groups is 1. The maximum atomic E-state index is 10.4. The van der Waals surface area contributed by atoms with Gasteiger partial charge < -0.3 is 15.5 Å². The van der Waals surface area contributed by atoms with Crippen LogP contribution in [0, 0.1) is 10.1 Å². The van der Waals surface area contributed by atoms with E-state index in [2.05, 4.69) is 20.6 Å². The molecular weight excluding hydrogens is 324 g/mol. The molecule has 1 aromatic heterocycles. The Bertz CT molecular complexity index is 554. The molecule has 140 valence electrons. The fourth-order valence-corrected chi connectivity index (χ4v) is 2.78. The van der Waals surface area contributed by atoms with Gasteiger partial charge in [-0.25, -0.2) is 0 Å². The Hall–Kier alpha value is -2.29. The van der Waals surface area contributed by atoms with Crippen molar-refractivity contribution >= 4 is 0 Å². The van der Waals surface area contributed by atoms with Crippen molar-refractivity contribution in [2.75, 3.05) is 33.3 Å². The maximum Gasteiger partial charge on any atom is 0.274 e. The molecule has 1 aromatic rings. The minimum absolute atomic E-state index is 0.403. The van der Waals surface area contributed by atoms with Crippen LogP contribution in [0.4, 0.5) is 0 Å². The average molecular weight is 352 g/mol. The summed E-state index contributed by atoms with van der Waals surface area (Å²) in [6, 6.07) is 0. The van der Waals surface area contributed by atoms with Gasteiger partial charge >= 0.3 is 0 Å². The van der Waals surface area contributed by atoms with Gasteiger partial charge in [0.15, 0.2) is 5.82 Å². The van der Waals surface area contributed by atoms with Crippen molar-refractivity contribution in [3.05, 3.63) is 40.1 Å². The van der Waals surface area contributed by atoms with Crippen molar-refractivity contribution in [1.82, 2.24) is 25.5 Å². The zero-order valence-corrected chi connectivity index (χ0v) is 14.8. The highest BCUT2D eigenvalue weighted by Crippen LogP contribution is 2.12. The van der Waals surface area contributed by atoms with Crippen LogP contribution in [0.2, 0.25) is 0 Å². The van der Waals surface area contributed by atoms with Gasteiger partial charge in [-0.3, -0.25) is 15.0 Å². The lowest BCUT2D eigenvalue weighted by molar-refractivity contribution is -0.404. The zero-order chi connectivity index (χ0) is 17.9. The van der Waals surface area contributed by atoms with E-state index in [1.165, 1.54) is 42.8 Å². The fraction of sp³-hybridized carbons (Fsp3) is 0.688. The van der Waals surface area contributed by atoms with Crippen molar-refractivity contribution < 1.29 is 9.76 Å². The number of unbranched alkanes of at least 4 members (excludes halogenated alkanes) is 1. The van der Waals surface area contributed by atoms with Gasteiger partial charge in [-0.15, -0.1) is 9.94 Å². The van der Waals surface area contributed by atoms with Crippen LogP contribution in [-0.2, 0) is 6.54 Å². The van der Waals surface area contributed by atoms with Gasteiger partial charge in [0.25, 0.3) is 6.20 Å². The molecule has 2 heterocycles. The van der Waals surface area contributed by atoms with Gasteiger partial charge in [0.2, 0.25) is 0 Å². The monoisotopic (exact) mass is 352 g/mol. The van der Waals surface area contributed by atoms with E-state index in [0.717, 1.165) is 25.6 Å². The smallest absolute Gasteiger partial charge is 0.274 e. The third-order valence-corrected chi connectivity index (χ3v) is 4.08. The molecule has 9 nitrogen and oxygen atoms in total. The van der Waals surface area contributed by atoms with Crippen LogP contribution in [0.25, 0.3) is 0 Å². The second-order valence-corrected chi connectivity index (χ2v) is 6.13. The Kier molecular flexibility index (Phi) is 8.03. The number of nitrogens with zero attached hydrogens (tertiary/aromatic N) is 4. The number of nitrogens with one attached hydrogen (secondary N) is 2. The normalized spacial score (nSPS) is 15.8. The minimum Gasteiger partial charge on any atom is -0.397 e. The highest BCUT2D eigenvalue weighted by molar-refractivity contribution is 5.03. The van der Waals surface area contributed by atoms with Crippen molar-refractivity contribution in [3.8, 4) is 0 Å². The molecule has 1 aliphatic rings. The third kappa shape index (κ3) is 7.42. The zero-order valence-electron chi connectivity index (χ0n) is 14.8. The molecule has 0 spiro atoms. The number of likely N-dealkylation sites (tertiary alicyclic amines) is 1. The molecule has 0 bridgehead atoms. The lowest BCUT2D eigenvalue weighted by atomic mass is 10.1. The van der Waals surface area contributed by atoms with E-state index in [4.69, 9.17) is 4.84 Å². The summed E-state index contributed by atoms with van der Waals surface area (Å²) in [5, 5.41) is 20.4. The first-order valence-electron chi connectivity index (χ1n) is 8.83. The van der Waals surface area contributed by atoms with Crippen LogP contribution >= 0.6 is 0 Å². The molecular formula is C16H28N6O3. The maximum absolute atomic E-state index is 10.4. The summed E-state index contributed by atoms with van der Waals surface area (Å²) in [5.74, 6) is 0.403. The standard InChI is InChI=1S/C16H28N6O3/c1-17-16(14-22(23)24)18-7-3-6-10-25-21-13-15(11-19-21)12-20-8-4-2-5-9-20/h11,13-14,17-18H,2-10,12H2,1H3/b16-14+. The number of hydrogen-bond donors (Lipinski definition) is 2. The van der Waals surface area contributed by atoms with Crippen LogP contribution in [0.1, 0.15) is 37.7 Å². The van der Waals surface area contributed by atoms with Gasteiger partial charge in [-0.2, -0.15) is 0 Å². The minimum atomic E-state index is -0.485. The molecule has 0 aliphatic carbocycles. The predicted molar refractivity (Wildman–Crippen MR) is 94.2 cm³/mol. The molecule has 0 aromatic carbocycles. The number of hydrogen-bond acceptors (Lipinski definition) is 7. The molecule has 0 unspecified atom stereocenters. The summed E-state index contributed by atoms with van der Waals surface area (Å²) < 4.78 is 0. The third-order valence-electron chi connectivity index (χ3n) is 4.08. The summed E-state index contributed by atoms with van der Waals surface area (Å²) in [7, 11) is 1.64. The number of aromatic nitrogens is 2. The van der Waals surface area contributed by atoms with Crippen molar-refractivity contribution in [3.63, 3.8) is 0 Å². The van der Waals surface area contributed by atoms with Crippen molar-refractivity contribution in [2.45, 2.75) is 38.6 Å². The van der Waals surface area contributed by atoms with Gasteiger partial charge in [-0.1, -0.05) is 6.42 Å². The molecule has 0 atom stereocenters. The highest BCUT2D eigenvalue weighted by atomic mass is 16.7. The summed E-state index contributed by atoms with van der Waals surface area (Å²) in [5.41, 5.74) is 1.17. The molecule has 0 radical (unpaired) electrons. The summed E-state index contributed by atoms with van der Waals surface area (Å²) >= 11 is 0. The molecule has 0 saturated carbocycles. The molecule has 1 saturated heterocycles. The van der Waals surface area contributed by atoms with Crippen LogP contribution in [0.3, 0.4) is 0 Å². The second-order valence-electron chi connectivity index (χ2n) is 6.13. The topological polar surface area (TPSA) is 97.5 Å². The summed E-state index contributed by atoms with van der Waals surface area (Å²) in [6.07, 6.45) is 10.3. The van der Waals surface area contributed by atoms with Crippen LogP contribution < -0.4 is 15.5 Å². The van der Waals surface area contributed by atoms with E-state index in [9.17, 15) is 10.1 Å². The van der Waals surface area contributed by atoms with E-state index >= 15 is 0 Å². The average Bonchev–Trinajstić information content (AvgIpc) is 3.04. The Morgan fingerprint density at radius 1 is 1.40 bits per heavy atom. The lowest BCUT2D eigenvalue weighted by Gasteiger charge is -2.25. The van der Waals surface area contributed by atoms with Crippen LogP contribution in [0.5, 0.6) is 0 Å². The molecule has 1 fully saturated rings. The van der Waals surface area contributed by atoms with Gasteiger partial charge in [0, 0.05) is 25.7 Å². The van der Waals surface area contributed by atoms with Crippen molar-refractivity contribution in [1.29, 1.82) is 0 Å². The number of rotatable bonds is 11. The summed E-state index contributed by atoms with van der Waals surface area (Å²) in [4.78, 5) is 19.5. The van der Waals surface area contributed by atoms with Crippen molar-refractivity contribution in [2.24, 2.45) is 0 Å². The SMILES string of the molecule is CN/C(=C\[N+](=O)[O-])NCCCCOn1cc(CN2CCCCC2)cn1. The summed E-state index contributed by atoms with van der Waals surface area (Å²) in [6.45, 7) is 4.46. The van der Waals surface area contributed by atoms with E-state index in [1.807, 2.05) is 12.4 Å². The quantitative estimate of drug-likeness (QED) is 0.348. The van der Waals surface area contributed by atoms with E-state index < -0.39 is 4.92 Å². The lowest BCUT2D eigenvalue weighted by Crippen LogP contribution is -2.28. The van der Waals surface area contributed by atoms with Crippen LogP contribution in [-0.4, -0.2) is 53.1 Å². The number of piperidine rings is 1.